The fourth-order valence-corrected chi connectivity index (χ4v) is 5.97. The van der Waals surface area contributed by atoms with Gasteiger partial charge in [0.05, 0.1) is 13.2 Å². The Balaban J connectivity index is 1.28. The van der Waals surface area contributed by atoms with Crippen LogP contribution in [0.15, 0.2) is 76.4 Å². The van der Waals surface area contributed by atoms with Crippen LogP contribution in [0.4, 0.5) is 10.2 Å². The number of H-pyrrole nitrogens is 1. The zero-order valence-corrected chi connectivity index (χ0v) is 26.8. The minimum atomic E-state index is -0.458. The van der Waals surface area contributed by atoms with Crippen molar-refractivity contribution in [1.82, 2.24) is 29.0 Å². The van der Waals surface area contributed by atoms with E-state index in [2.05, 4.69) is 15.0 Å². The summed E-state index contributed by atoms with van der Waals surface area (Å²) >= 11 is 0. The highest BCUT2D eigenvalue weighted by Gasteiger charge is 2.25. The summed E-state index contributed by atoms with van der Waals surface area (Å²) in [6.45, 7) is 3.91. The molecule has 0 saturated heterocycles. The Kier molecular flexibility index (Phi) is 9.57. The van der Waals surface area contributed by atoms with E-state index in [4.69, 9.17) is 4.74 Å². The Morgan fingerprint density at radius 2 is 1.79 bits per heavy atom. The van der Waals surface area contributed by atoms with E-state index in [1.807, 2.05) is 31.2 Å². The number of hydrogen-bond acceptors (Lipinski definition) is 7. The third kappa shape index (κ3) is 6.41. The van der Waals surface area contributed by atoms with Crippen LogP contribution in [-0.2, 0) is 24.2 Å². The first kappa shape index (κ1) is 32.5. The van der Waals surface area contributed by atoms with Gasteiger partial charge in [0.1, 0.15) is 23.0 Å². The maximum Gasteiger partial charge on any atom is 0.332 e. The Morgan fingerprint density at radius 3 is 2.52 bits per heavy atom. The van der Waals surface area contributed by atoms with Crippen LogP contribution in [0, 0.1) is 5.82 Å². The topological polar surface area (TPSA) is 135 Å². The summed E-state index contributed by atoms with van der Waals surface area (Å²) in [7, 11) is 1.53. The Morgan fingerprint density at radius 1 is 1.00 bits per heavy atom. The van der Waals surface area contributed by atoms with Crippen molar-refractivity contribution in [3.63, 3.8) is 0 Å². The van der Waals surface area contributed by atoms with E-state index in [0.717, 1.165) is 12.0 Å². The normalized spacial score (nSPS) is 12.8. The number of ether oxygens (including phenoxy) is 1. The smallest absolute Gasteiger partial charge is 0.332 e. The molecule has 12 nitrogen and oxygen atoms in total. The molecule has 0 radical (unpaired) electrons. The van der Waals surface area contributed by atoms with Crippen LogP contribution in [0.5, 0.6) is 0 Å². The van der Waals surface area contributed by atoms with Gasteiger partial charge < -0.3 is 14.6 Å². The van der Waals surface area contributed by atoms with Gasteiger partial charge in [0.25, 0.3) is 17.4 Å². The van der Waals surface area contributed by atoms with Gasteiger partial charge in [-0.3, -0.25) is 28.4 Å². The van der Waals surface area contributed by atoms with Gasteiger partial charge in [-0.15, -0.1) is 0 Å². The number of carbonyl (C=O) groups excluding carboxylic acids is 2. The van der Waals surface area contributed by atoms with Crippen molar-refractivity contribution in [2.24, 2.45) is 0 Å². The fourth-order valence-electron chi connectivity index (χ4n) is 5.97. The van der Waals surface area contributed by atoms with E-state index in [9.17, 15) is 23.6 Å². The highest BCUT2D eigenvalue weighted by molar-refractivity contribution is 6.05. The minimum absolute atomic E-state index is 0.0318. The number of hydrogen-bond donors (Lipinski definition) is 1. The average Bonchev–Trinajstić information content (AvgIpc) is 3.55. The van der Waals surface area contributed by atoms with Crippen molar-refractivity contribution in [1.29, 1.82) is 0 Å². The first-order valence-electron chi connectivity index (χ1n) is 15.9. The van der Waals surface area contributed by atoms with Crippen LogP contribution < -0.4 is 16.1 Å². The van der Waals surface area contributed by atoms with Gasteiger partial charge in [-0.05, 0) is 67.3 Å². The Bertz CT molecular complexity index is 2070. The molecule has 2 aromatic carbocycles. The van der Waals surface area contributed by atoms with Crippen LogP contribution in [-0.4, -0.2) is 74.2 Å². The van der Waals surface area contributed by atoms with Gasteiger partial charge in [0.2, 0.25) is 0 Å². The van der Waals surface area contributed by atoms with Crippen molar-refractivity contribution >= 4 is 28.8 Å². The first-order chi connectivity index (χ1) is 23.3. The largest absolute Gasteiger partial charge is 0.383 e. The van der Waals surface area contributed by atoms with Crippen molar-refractivity contribution in [3.05, 3.63) is 110 Å². The molecule has 0 unspecified atom stereocenters. The van der Waals surface area contributed by atoms with Crippen molar-refractivity contribution in [3.8, 4) is 11.4 Å². The Hall–Kier alpha value is -5.43. The molecule has 6 rings (SSSR count). The highest BCUT2D eigenvalue weighted by Crippen LogP contribution is 2.23. The van der Waals surface area contributed by atoms with E-state index in [-0.39, 0.29) is 49.2 Å². The molecular formula is C35H36FN7O5. The van der Waals surface area contributed by atoms with Gasteiger partial charge in [-0.2, -0.15) is 0 Å². The zero-order chi connectivity index (χ0) is 33.8. The van der Waals surface area contributed by atoms with Crippen molar-refractivity contribution in [2.45, 2.75) is 39.3 Å². The average molecular weight is 654 g/mol. The molecule has 5 aromatic rings. The molecule has 248 valence electrons. The quantitative estimate of drug-likeness (QED) is 0.216. The predicted molar refractivity (Wildman–Crippen MR) is 179 cm³/mol. The standard InChI is InChI=1S/C35H36FN7O5/c1-3-16-43-34(46)29-31(42(35(43)47)20-21-48-2)39-30(38-29)25-11-14-28(37-22-25)41(32(44)24-9-12-26(36)13-10-24)18-6-17-40-19-15-23-7-4-5-8-27(23)33(40)45/h4-5,7-14,22H,3,6,15-21H2,1-2H3,(H,38,39). The number of aromatic amines is 1. The second kappa shape index (κ2) is 14.1. The van der Waals surface area contributed by atoms with Crippen LogP contribution in [0.2, 0.25) is 0 Å². The van der Waals surface area contributed by atoms with E-state index < -0.39 is 17.1 Å². The number of aromatic nitrogens is 5. The predicted octanol–water partition coefficient (Wildman–Crippen LogP) is 3.88. The summed E-state index contributed by atoms with van der Waals surface area (Å²) in [6.07, 6.45) is 3.38. The lowest BCUT2D eigenvalue weighted by atomic mass is 9.99. The highest BCUT2D eigenvalue weighted by atomic mass is 19.1. The molecule has 0 spiro atoms. The van der Waals surface area contributed by atoms with Crippen LogP contribution in [0.1, 0.15) is 46.0 Å². The number of nitrogens with one attached hydrogen (secondary N) is 1. The number of imidazole rings is 1. The van der Waals surface area contributed by atoms with Crippen molar-refractivity contribution < 1.29 is 18.7 Å². The summed E-state index contributed by atoms with van der Waals surface area (Å²) in [5, 5.41) is 0. The molecule has 3 aromatic heterocycles. The molecule has 0 aliphatic carbocycles. The molecule has 0 saturated carbocycles. The number of nitrogens with zero attached hydrogens (tertiary/aromatic N) is 6. The molecule has 0 bridgehead atoms. The summed E-state index contributed by atoms with van der Waals surface area (Å²) < 4.78 is 21.5. The molecule has 2 amide bonds. The van der Waals surface area contributed by atoms with E-state index in [0.29, 0.717) is 54.3 Å². The molecule has 48 heavy (non-hydrogen) atoms. The molecule has 13 heteroatoms. The molecule has 0 atom stereocenters. The lowest BCUT2D eigenvalue weighted by Gasteiger charge is -2.29. The van der Waals surface area contributed by atoms with Crippen LogP contribution in [0.3, 0.4) is 0 Å². The fraction of sp³-hybridized carbons (Fsp3) is 0.314. The first-order valence-corrected chi connectivity index (χ1v) is 15.9. The van der Waals surface area contributed by atoms with Crippen LogP contribution in [0.25, 0.3) is 22.6 Å². The molecule has 1 aliphatic rings. The lowest BCUT2D eigenvalue weighted by molar-refractivity contribution is 0.0738. The maximum atomic E-state index is 13.7. The molecule has 0 fully saturated rings. The van der Waals surface area contributed by atoms with Gasteiger partial charge in [0.15, 0.2) is 5.65 Å². The second-order valence-corrected chi connectivity index (χ2v) is 11.6. The number of amides is 2. The third-order valence-corrected chi connectivity index (χ3v) is 8.46. The van der Waals surface area contributed by atoms with Gasteiger partial charge in [-0.1, -0.05) is 25.1 Å². The van der Waals surface area contributed by atoms with Gasteiger partial charge in [0, 0.05) is 56.2 Å². The second-order valence-electron chi connectivity index (χ2n) is 11.6. The molecule has 1 aliphatic heterocycles. The van der Waals surface area contributed by atoms with E-state index >= 15 is 0 Å². The molecular weight excluding hydrogens is 617 g/mol. The number of carbonyl (C=O) groups is 2. The van der Waals surface area contributed by atoms with E-state index in [1.165, 1.54) is 51.6 Å². The SMILES string of the molecule is CCCn1c(=O)c2[nH]c(-c3ccc(N(CCCN4CCc5ccccc5C4=O)C(=O)c4ccc(F)cc4)nc3)nc2n(CCOC)c1=O. The summed E-state index contributed by atoms with van der Waals surface area (Å²) in [5.74, 6) is -0.170. The summed E-state index contributed by atoms with van der Waals surface area (Å²) in [5.41, 5.74) is 2.06. The zero-order valence-electron chi connectivity index (χ0n) is 26.8. The number of pyridine rings is 1. The number of benzene rings is 2. The number of methoxy groups -OCH3 is 1. The number of anilines is 1. The van der Waals surface area contributed by atoms with E-state index in [1.54, 1.807) is 17.0 Å². The summed E-state index contributed by atoms with van der Waals surface area (Å²) in [6, 6.07) is 16.3. The number of halogens is 1. The number of fused-ring (bicyclic) bond motifs is 2. The van der Waals surface area contributed by atoms with Gasteiger partial charge >= 0.3 is 5.69 Å². The Labute approximate surface area is 275 Å². The summed E-state index contributed by atoms with van der Waals surface area (Å²) in [4.78, 5) is 68.7. The molecule has 4 heterocycles. The lowest BCUT2D eigenvalue weighted by Crippen LogP contribution is -2.40. The minimum Gasteiger partial charge on any atom is -0.383 e. The maximum absolute atomic E-state index is 13.7. The third-order valence-electron chi connectivity index (χ3n) is 8.46. The van der Waals surface area contributed by atoms with Gasteiger partial charge in [-0.25, -0.2) is 19.2 Å². The van der Waals surface area contributed by atoms with Crippen molar-refractivity contribution in [2.75, 3.05) is 38.3 Å². The van der Waals surface area contributed by atoms with Crippen LogP contribution >= 0.6 is 0 Å². The number of rotatable bonds is 12. The molecule has 1 N–H and O–H groups in total. The monoisotopic (exact) mass is 653 g/mol.